The van der Waals surface area contributed by atoms with Gasteiger partial charge in [-0.15, -0.1) is 0 Å². The highest BCUT2D eigenvalue weighted by molar-refractivity contribution is 5.71. The molecule has 0 aromatic rings. The van der Waals surface area contributed by atoms with Crippen molar-refractivity contribution in [3.05, 3.63) is 0 Å². The zero-order valence-electron chi connectivity index (χ0n) is 34.1. The molecule has 6 heteroatoms. The Morgan fingerprint density at radius 3 is 1.54 bits per heavy atom. The molecule has 1 unspecified atom stereocenters. The third-order valence-corrected chi connectivity index (χ3v) is 10.4. The van der Waals surface area contributed by atoms with E-state index in [-0.39, 0.29) is 24.5 Å². The lowest BCUT2D eigenvalue weighted by molar-refractivity contribution is -0.148. The number of ether oxygens (including phenoxy) is 2. The first kappa shape index (κ1) is 48.9. The first-order chi connectivity index (χ1) is 24.5. The number of aliphatic hydroxyl groups excluding tert-OH is 1. The van der Waals surface area contributed by atoms with Crippen LogP contribution in [0, 0.1) is 11.8 Å². The number of esters is 2. The molecule has 1 atom stereocenters. The predicted molar refractivity (Wildman–Crippen MR) is 214 cm³/mol. The topological polar surface area (TPSA) is 76.1 Å². The number of aliphatic hydroxyl groups is 1. The van der Waals surface area contributed by atoms with Crippen LogP contribution < -0.4 is 0 Å². The highest BCUT2D eigenvalue weighted by Gasteiger charge is 2.15. The summed E-state index contributed by atoms with van der Waals surface area (Å²) < 4.78 is 11.1. The fraction of sp³-hybridized carbons (Fsp3) is 0.955. The number of unbranched alkanes of at least 4 members (excludes halogenated alkanes) is 18. The summed E-state index contributed by atoms with van der Waals surface area (Å²) in [6, 6.07) is 0. The van der Waals surface area contributed by atoms with Gasteiger partial charge >= 0.3 is 11.9 Å². The number of carbonyl (C=O) groups excluding carboxylic acids is 2. The van der Waals surface area contributed by atoms with Crippen molar-refractivity contribution in [3.63, 3.8) is 0 Å². The molecule has 0 amide bonds. The summed E-state index contributed by atoms with van der Waals surface area (Å²) in [5.74, 6) is 0.765. The van der Waals surface area contributed by atoms with E-state index in [1.807, 2.05) is 6.92 Å². The molecule has 0 bridgehead atoms. The minimum atomic E-state index is -0.0229. The highest BCUT2D eigenvalue weighted by atomic mass is 16.5. The van der Waals surface area contributed by atoms with Gasteiger partial charge in [0.05, 0.1) is 19.1 Å². The molecule has 298 valence electrons. The number of hydrogen-bond donors (Lipinski definition) is 1. The summed E-state index contributed by atoms with van der Waals surface area (Å²) in [4.78, 5) is 27.2. The van der Waals surface area contributed by atoms with Crippen molar-refractivity contribution in [1.29, 1.82) is 0 Å². The van der Waals surface area contributed by atoms with Crippen molar-refractivity contribution in [2.75, 3.05) is 39.5 Å². The average Bonchev–Trinajstić information content (AvgIpc) is 3.11. The van der Waals surface area contributed by atoms with Gasteiger partial charge in [-0.3, -0.25) is 9.59 Å². The Balaban J connectivity index is 3.99. The van der Waals surface area contributed by atoms with E-state index in [0.29, 0.717) is 19.6 Å². The monoisotopic (exact) mass is 710 g/mol. The Morgan fingerprint density at radius 1 is 0.500 bits per heavy atom. The summed E-state index contributed by atoms with van der Waals surface area (Å²) in [5, 5.41) is 9.25. The lowest BCUT2D eigenvalue weighted by Gasteiger charge is -2.22. The normalized spacial score (nSPS) is 12.2. The summed E-state index contributed by atoms with van der Waals surface area (Å²) >= 11 is 0. The van der Waals surface area contributed by atoms with Crippen LogP contribution in [0.2, 0.25) is 0 Å². The van der Waals surface area contributed by atoms with E-state index in [1.54, 1.807) is 0 Å². The van der Waals surface area contributed by atoms with Gasteiger partial charge in [-0.25, -0.2) is 0 Å². The first-order valence-corrected chi connectivity index (χ1v) is 22.1. The molecule has 0 heterocycles. The Hall–Kier alpha value is -1.14. The van der Waals surface area contributed by atoms with Crippen molar-refractivity contribution in [2.45, 2.75) is 220 Å². The molecule has 0 radical (unpaired) electrons. The molecule has 0 aromatic carbocycles. The SMILES string of the molecule is CCCCCCCCCOC(=O)CCCCCCCN(CCCCO)CCCCCCC(C)C(=O)OCCCC(CCCCC)CCCCC. The smallest absolute Gasteiger partial charge is 0.308 e. The molecule has 6 nitrogen and oxygen atoms in total. The number of nitrogens with zero attached hydrogens (tertiary/aromatic N) is 1. The van der Waals surface area contributed by atoms with Crippen molar-refractivity contribution in [3.8, 4) is 0 Å². The molecule has 0 saturated heterocycles. The van der Waals surface area contributed by atoms with Crippen LogP contribution in [0.25, 0.3) is 0 Å². The molecule has 0 saturated carbocycles. The van der Waals surface area contributed by atoms with E-state index in [2.05, 4.69) is 25.7 Å². The van der Waals surface area contributed by atoms with Crippen LogP contribution in [0.15, 0.2) is 0 Å². The van der Waals surface area contributed by atoms with Crippen LogP contribution in [-0.2, 0) is 19.1 Å². The Morgan fingerprint density at radius 2 is 0.940 bits per heavy atom. The van der Waals surface area contributed by atoms with Gasteiger partial charge in [-0.2, -0.15) is 0 Å². The van der Waals surface area contributed by atoms with Gasteiger partial charge in [0.1, 0.15) is 0 Å². The molecule has 0 fully saturated rings. The second-order valence-corrected chi connectivity index (χ2v) is 15.4. The number of hydrogen-bond acceptors (Lipinski definition) is 6. The average molecular weight is 710 g/mol. The lowest BCUT2D eigenvalue weighted by Crippen LogP contribution is -2.27. The van der Waals surface area contributed by atoms with Crippen molar-refractivity contribution < 1.29 is 24.2 Å². The molecule has 0 rings (SSSR count). The third kappa shape index (κ3) is 34.0. The third-order valence-electron chi connectivity index (χ3n) is 10.4. The van der Waals surface area contributed by atoms with Crippen LogP contribution >= 0.6 is 0 Å². The minimum absolute atomic E-state index is 0.00423. The maximum absolute atomic E-state index is 12.6. The largest absolute Gasteiger partial charge is 0.466 e. The van der Waals surface area contributed by atoms with Crippen LogP contribution in [0.4, 0.5) is 0 Å². The molecule has 1 N–H and O–H groups in total. The van der Waals surface area contributed by atoms with E-state index in [9.17, 15) is 14.7 Å². The maximum atomic E-state index is 12.6. The predicted octanol–water partition coefficient (Wildman–Crippen LogP) is 12.4. The molecule has 0 spiro atoms. The molecule has 0 aliphatic heterocycles. The quantitative estimate of drug-likeness (QED) is 0.0504. The fourth-order valence-electron chi connectivity index (χ4n) is 6.98. The summed E-state index contributed by atoms with van der Waals surface area (Å²) in [6.45, 7) is 13.6. The van der Waals surface area contributed by atoms with Gasteiger partial charge in [0, 0.05) is 13.0 Å². The van der Waals surface area contributed by atoms with Crippen molar-refractivity contribution in [2.24, 2.45) is 11.8 Å². The van der Waals surface area contributed by atoms with Crippen LogP contribution in [0.5, 0.6) is 0 Å². The van der Waals surface area contributed by atoms with Gasteiger partial charge in [0.15, 0.2) is 0 Å². The first-order valence-electron chi connectivity index (χ1n) is 22.1. The Bertz CT molecular complexity index is 707. The molecule has 50 heavy (non-hydrogen) atoms. The summed E-state index contributed by atoms with van der Waals surface area (Å²) in [5.41, 5.74) is 0. The van der Waals surface area contributed by atoms with Gasteiger partial charge < -0.3 is 19.5 Å². The van der Waals surface area contributed by atoms with E-state index in [0.717, 1.165) is 76.9 Å². The zero-order chi connectivity index (χ0) is 36.8. The van der Waals surface area contributed by atoms with E-state index < -0.39 is 0 Å². The van der Waals surface area contributed by atoms with Crippen LogP contribution in [-0.4, -0.2) is 61.4 Å². The fourth-order valence-corrected chi connectivity index (χ4v) is 6.98. The Labute approximate surface area is 312 Å². The summed E-state index contributed by atoms with van der Waals surface area (Å²) in [7, 11) is 0. The van der Waals surface area contributed by atoms with Gasteiger partial charge in [-0.1, -0.05) is 156 Å². The van der Waals surface area contributed by atoms with E-state index in [1.165, 1.54) is 135 Å². The van der Waals surface area contributed by atoms with E-state index in [4.69, 9.17) is 9.47 Å². The minimum Gasteiger partial charge on any atom is -0.466 e. The molecule has 0 aliphatic carbocycles. The number of rotatable bonds is 40. The number of carbonyl (C=O) groups is 2. The molecular formula is C44H87NO5. The van der Waals surface area contributed by atoms with Gasteiger partial charge in [0.2, 0.25) is 0 Å². The maximum Gasteiger partial charge on any atom is 0.308 e. The zero-order valence-corrected chi connectivity index (χ0v) is 34.1. The summed E-state index contributed by atoms with van der Waals surface area (Å²) in [6.07, 6.45) is 35.1. The second-order valence-electron chi connectivity index (χ2n) is 15.4. The standard InChI is InChI=1S/C44H87NO5/c1-5-8-11-12-13-19-28-39-49-43(47)34-23-15-14-17-24-35-45(37-26-27-38-46)36-25-18-16-22-30-41(4)44(48)50-40-29-33-42(31-20-9-6-2)32-21-10-7-3/h41-42,46H,5-40H2,1-4H3. The van der Waals surface area contributed by atoms with Crippen LogP contribution in [0.1, 0.15) is 220 Å². The molecule has 0 aliphatic rings. The molecular weight excluding hydrogens is 622 g/mol. The highest BCUT2D eigenvalue weighted by Crippen LogP contribution is 2.23. The van der Waals surface area contributed by atoms with E-state index >= 15 is 0 Å². The Kier molecular flexibility index (Phi) is 38.2. The van der Waals surface area contributed by atoms with Gasteiger partial charge in [-0.05, 0) is 83.3 Å². The van der Waals surface area contributed by atoms with Crippen molar-refractivity contribution in [1.82, 2.24) is 4.90 Å². The van der Waals surface area contributed by atoms with Crippen LogP contribution in [0.3, 0.4) is 0 Å². The lowest BCUT2D eigenvalue weighted by atomic mass is 9.91. The van der Waals surface area contributed by atoms with Crippen molar-refractivity contribution >= 4 is 11.9 Å². The van der Waals surface area contributed by atoms with Gasteiger partial charge in [0.25, 0.3) is 0 Å². The second kappa shape index (κ2) is 39.1. The molecule has 0 aromatic heterocycles.